The van der Waals surface area contributed by atoms with Gasteiger partial charge >= 0.3 is 0 Å². The highest BCUT2D eigenvalue weighted by Gasteiger charge is 2.41. The number of allylic oxidation sites excluding steroid dienone is 3. The minimum atomic E-state index is -0.845. The van der Waals surface area contributed by atoms with Crippen LogP contribution in [0.1, 0.15) is 88.0 Å². The van der Waals surface area contributed by atoms with Gasteiger partial charge in [0.2, 0.25) is 0 Å². The molecule has 7 unspecified atom stereocenters. The standard InChI is InChI=1S/C32H50O8.C2H6/c1-20(2)24(6)38-32(7)16-27(37-19-33)15-26(39-32)13-11-22(4)30(34)21(3)9-8-10-25-17-36-18-29-28(25)14-12-23(5)31(29)40-35;1-2/h8-12,19-21,24,26-31,34-35H,13-18H2,1-7H3;1-2H3/b9-8+,22-11+,25-10+;/t21-,24?,26?,27?,28?,29?,30-,31?,32?;/m0./s1. The first-order chi connectivity index (χ1) is 20.0. The van der Waals surface area contributed by atoms with E-state index in [2.05, 4.69) is 26.0 Å². The molecule has 3 aliphatic rings. The number of carbonyl (C=O) groups is 1. The Kier molecular flexibility index (Phi) is 15.1. The summed E-state index contributed by atoms with van der Waals surface area (Å²) >= 11 is 0. The summed E-state index contributed by atoms with van der Waals surface area (Å²) in [6.07, 6.45) is 11.3. The third kappa shape index (κ3) is 10.1. The summed E-state index contributed by atoms with van der Waals surface area (Å²) in [7, 11) is 0. The van der Waals surface area contributed by atoms with Gasteiger partial charge in [-0.15, -0.1) is 0 Å². The van der Waals surface area contributed by atoms with Gasteiger partial charge in [0.15, 0.2) is 5.79 Å². The van der Waals surface area contributed by atoms with Crippen molar-refractivity contribution in [3.8, 4) is 0 Å². The van der Waals surface area contributed by atoms with Crippen LogP contribution in [0, 0.1) is 23.7 Å². The summed E-state index contributed by atoms with van der Waals surface area (Å²) in [6.45, 7) is 19.6. The second-order valence-corrected chi connectivity index (χ2v) is 12.3. The van der Waals surface area contributed by atoms with Gasteiger partial charge in [-0.2, -0.15) is 0 Å². The molecule has 2 saturated heterocycles. The average molecular weight is 593 g/mol. The zero-order chi connectivity index (χ0) is 31.4. The molecule has 0 amide bonds. The van der Waals surface area contributed by atoms with Crippen molar-refractivity contribution in [3.63, 3.8) is 0 Å². The maximum Gasteiger partial charge on any atom is 0.293 e. The monoisotopic (exact) mass is 592 g/mol. The van der Waals surface area contributed by atoms with Gasteiger partial charge in [-0.3, -0.25) is 10.1 Å². The first-order valence-electron chi connectivity index (χ1n) is 15.7. The highest BCUT2D eigenvalue weighted by atomic mass is 17.1. The van der Waals surface area contributed by atoms with Crippen LogP contribution >= 0.6 is 0 Å². The van der Waals surface area contributed by atoms with Crippen LogP contribution in [0.3, 0.4) is 0 Å². The highest BCUT2D eigenvalue weighted by molar-refractivity contribution is 5.37. The Bertz CT molecular complexity index is 953. The molecule has 8 nitrogen and oxygen atoms in total. The third-order valence-corrected chi connectivity index (χ3v) is 8.77. The van der Waals surface area contributed by atoms with Gasteiger partial charge in [-0.05, 0) is 69.1 Å². The molecule has 42 heavy (non-hydrogen) atoms. The molecule has 2 fully saturated rings. The maximum atomic E-state index is 11.1. The largest absolute Gasteiger partial charge is 0.464 e. The molecule has 0 saturated carbocycles. The van der Waals surface area contributed by atoms with Gasteiger partial charge in [0, 0.05) is 24.7 Å². The lowest BCUT2D eigenvalue weighted by molar-refractivity contribution is -0.303. The number of hydrogen-bond donors (Lipinski definition) is 2. The molecule has 0 radical (unpaired) electrons. The maximum absolute atomic E-state index is 11.1. The van der Waals surface area contributed by atoms with E-state index < -0.39 is 11.9 Å². The molecule has 240 valence electrons. The van der Waals surface area contributed by atoms with Crippen LogP contribution in [0.5, 0.6) is 0 Å². The van der Waals surface area contributed by atoms with Crippen LogP contribution in [0.2, 0.25) is 0 Å². The predicted molar refractivity (Wildman–Crippen MR) is 165 cm³/mol. The minimum absolute atomic E-state index is 0.00321. The van der Waals surface area contributed by atoms with E-state index >= 15 is 0 Å². The molecule has 2 aliphatic heterocycles. The van der Waals surface area contributed by atoms with Crippen molar-refractivity contribution in [3.05, 3.63) is 47.1 Å². The molecule has 0 aromatic carbocycles. The smallest absolute Gasteiger partial charge is 0.293 e. The van der Waals surface area contributed by atoms with Gasteiger partial charge in [0.25, 0.3) is 6.47 Å². The van der Waals surface area contributed by atoms with Gasteiger partial charge in [0.05, 0.1) is 31.5 Å². The Hall–Kier alpha value is -1.81. The van der Waals surface area contributed by atoms with Gasteiger partial charge in [-0.25, -0.2) is 4.89 Å². The molecule has 0 spiro atoms. The van der Waals surface area contributed by atoms with Crippen LogP contribution in [-0.2, 0) is 28.6 Å². The minimum Gasteiger partial charge on any atom is -0.464 e. The Balaban J connectivity index is 0.00000301. The Morgan fingerprint density at radius 1 is 1.24 bits per heavy atom. The van der Waals surface area contributed by atoms with Gasteiger partial charge in [-0.1, -0.05) is 65.0 Å². The quantitative estimate of drug-likeness (QED) is 0.110. The first-order valence-corrected chi connectivity index (χ1v) is 15.7. The molecular formula is C34H56O8. The second kappa shape index (κ2) is 17.5. The highest BCUT2D eigenvalue weighted by Crippen LogP contribution is 2.39. The summed E-state index contributed by atoms with van der Waals surface area (Å²) in [5.41, 5.74) is 3.07. The molecule has 9 atom stereocenters. The van der Waals surface area contributed by atoms with Crippen molar-refractivity contribution in [1.82, 2.24) is 0 Å². The number of hydrogen-bond acceptors (Lipinski definition) is 8. The van der Waals surface area contributed by atoms with Gasteiger partial charge in [0.1, 0.15) is 12.2 Å². The van der Waals surface area contributed by atoms with Crippen molar-refractivity contribution in [2.45, 2.75) is 124 Å². The molecule has 2 heterocycles. The summed E-state index contributed by atoms with van der Waals surface area (Å²) in [5, 5.41) is 20.4. The Labute approximate surface area is 253 Å². The van der Waals surface area contributed by atoms with Crippen molar-refractivity contribution in [2.24, 2.45) is 23.7 Å². The van der Waals surface area contributed by atoms with E-state index in [1.54, 1.807) is 0 Å². The number of carbonyl (C=O) groups excluding carboxylic acids is 1. The number of aliphatic hydroxyl groups is 1. The zero-order valence-corrected chi connectivity index (χ0v) is 27.2. The summed E-state index contributed by atoms with van der Waals surface area (Å²) in [6, 6.07) is 0. The van der Waals surface area contributed by atoms with Crippen molar-refractivity contribution in [1.29, 1.82) is 0 Å². The predicted octanol–water partition coefficient (Wildman–Crippen LogP) is 6.80. The lowest BCUT2D eigenvalue weighted by Gasteiger charge is -2.43. The fourth-order valence-electron chi connectivity index (χ4n) is 6.02. The van der Waals surface area contributed by atoms with E-state index in [4.69, 9.17) is 23.8 Å². The summed E-state index contributed by atoms with van der Waals surface area (Å²) in [4.78, 5) is 15.8. The molecule has 1 aliphatic carbocycles. The van der Waals surface area contributed by atoms with E-state index in [9.17, 15) is 15.2 Å². The van der Waals surface area contributed by atoms with Crippen molar-refractivity contribution >= 4 is 6.47 Å². The molecular weight excluding hydrogens is 536 g/mol. The average Bonchev–Trinajstić information content (AvgIpc) is 2.96. The number of fused-ring (bicyclic) bond motifs is 1. The first kappa shape index (κ1) is 36.4. The second-order valence-electron chi connectivity index (χ2n) is 12.3. The Morgan fingerprint density at radius 2 is 1.95 bits per heavy atom. The number of rotatable bonds is 12. The van der Waals surface area contributed by atoms with Gasteiger partial charge < -0.3 is 24.1 Å². The van der Waals surface area contributed by atoms with Crippen molar-refractivity contribution in [2.75, 3.05) is 13.2 Å². The van der Waals surface area contributed by atoms with Crippen LogP contribution in [0.4, 0.5) is 0 Å². The molecule has 0 aromatic rings. The number of ether oxygens (including phenoxy) is 4. The zero-order valence-electron chi connectivity index (χ0n) is 27.2. The van der Waals surface area contributed by atoms with Crippen LogP contribution in [0.25, 0.3) is 0 Å². The fourth-order valence-corrected chi connectivity index (χ4v) is 6.02. The SMILES string of the molecule is CC.CC1=CCC2/C(=C/C=C/[C@H](C)[C@H](O)/C(C)=C/CC3CC(OC=O)CC(C)(OC(C)C(C)C)O3)COCC2C1OO. The van der Waals surface area contributed by atoms with Crippen molar-refractivity contribution < 1.29 is 39.0 Å². The van der Waals surface area contributed by atoms with E-state index in [0.717, 1.165) is 17.6 Å². The van der Waals surface area contributed by atoms with Crippen LogP contribution in [-0.4, -0.2) is 66.4 Å². The lowest BCUT2D eigenvalue weighted by atomic mass is 9.73. The lowest BCUT2D eigenvalue weighted by Crippen LogP contribution is -2.48. The summed E-state index contributed by atoms with van der Waals surface area (Å²) < 4.78 is 23.7. The molecule has 0 bridgehead atoms. The normalized spacial score (nSPS) is 33.3. The fraction of sp³-hybridized carbons (Fsp3) is 0.735. The van der Waals surface area contributed by atoms with Crippen LogP contribution in [0.15, 0.2) is 47.1 Å². The molecule has 3 rings (SSSR count). The molecule has 8 heteroatoms. The van der Waals surface area contributed by atoms with E-state index in [1.165, 1.54) is 5.57 Å². The van der Waals surface area contributed by atoms with Crippen LogP contribution < -0.4 is 0 Å². The van der Waals surface area contributed by atoms with E-state index in [0.29, 0.717) is 44.9 Å². The van der Waals surface area contributed by atoms with E-state index in [-0.39, 0.29) is 42.2 Å². The molecule has 0 aromatic heterocycles. The number of aliphatic hydroxyl groups excluding tert-OH is 1. The Morgan fingerprint density at radius 3 is 2.60 bits per heavy atom. The topological polar surface area (TPSA) is 104 Å². The summed E-state index contributed by atoms with van der Waals surface area (Å²) in [5.74, 6) is -0.259. The third-order valence-electron chi connectivity index (χ3n) is 8.77. The molecule has 2 N–H and O–H groups in total. The van der Waals surface area contributed by atoms with E-state index in [1.807, 2.05) is 66.7 Å².